The Labute approximate surface area is 151 Å². The number of non-ortho nitro benzene ring substituents is 1. The molecule has 1 aromatic heterocycles. The molecule has 3 rings (SSSR count). The van der Waals surface area contributed by atoms with Gasteiger partial charge in [0.1, 0.15) is 17.5 Å². The Hall–Kier alpha value is -2.78. The molecule has 1 aromatic carbocycles. The maximum absolute atomic E-state index is 10.9. The highest BCUT2D eigenvalue weighted by Crippen LogP contribution is 2.23. The number of hydrogen-bond donors (Lipinski definition) is 2. The van der Waals surface area contributed by atoms with Gasteiger partial charge in [-0.3, -0.25) is 15.0 Å². The van der Waals surface area contributed by atoms with Crippen molar-refractivity contribution in [1.29, 1.82) is 0 Å². The molecule has 2 N–H and O–H groups in total. The maximum Gasteiger partial charge on any atom is 0.271 e. The largest absolute Gasteiger partial charge is 0.395 e. The van der Waals surface area contributed by atoms with Crippen molar-refractivity contribution < 1.29 is 10.0 Å². The fourth-order valence-electron chi connectivity index (χ4n) is 2.97. The topological polar surface area (TPSA) is 108 Å². The van der Waals surface area contributed by atoms with Crippen molar-refractivity contribution in [3.63, 3.8) is 0 Å². The maximum atomic E-state index is 10.9. The summed E-state index contributed by atoms with van der Waals surface area (Å²) in [6.07, 6.45) is 0. The van der Waals surface area contributed by atoms with Gasteiger partial charge < -0.3 is 15.3 Å². The Kier molecular flexibility index (Phi) is 5.59. The van der Waals surface area contributed by atoms with Crippen molar-refractivity contribution in [2.45, 2.75) is 6.92 Å². The molecule has 1 aliphatic heterocycles. The Morgan fingerprint density at radius 2 is 2.00 bits per heavy atom. The van der Waals surface area contributed by atoms with Crippen molar-refractivity contribution >= 4 is 23.0 Å². The van der Waals surface area contributed by atoms with Crippen LogP contribution >= 0.6 is 0 Å². The Morgan fingerprint density at radius 3 is 2.69 bits per heavy atom. The number of nitrogens with one attached hydrogen (secondary N) is 1. The number of anilines is 3. The van der Waals surface area contributed by atoms with Gasteiger partial charge in [-0.05, 0) is 13.0 Å². The van der Waals surface area contributed by atoms with Gasteiger partial charge in [-0.1, -0.05) is 6.07 Å². The second-order valence-electron chi connectivity index (χ2n) is 6.14. The van der Waals surface area contributed by atoms with E-state index in [0.29, 0.717) is 23.9 Å². The first-order chi connectivity index (χ1) is 12.5. The molecule has 2 aromatic rings. The summed E-state index contributed by atoms with van der Waals surface area (Å²) in [5.41, 5.74) is 0.636. The van der Waals surface area contributed by atoms with E-state index in [1.807, 2.05) is 13.0 Å². The minimum Gasteiger partial charge on any atom is -0.395 e. The van der Waals surface area contributed by atoms with E-state index in [2.05, 4.69) is 25.1 Å². The minimum absolute atomic E-state index is 0.0287. The molecular weight excluding hydrogens is 336 g/mol. The van der Waals surface area contributed by atoms with E-state index in [4.69, 9.17) is 5.11 Å². The highest BCUT2D eigenvalue weighted by atomic mass is 16.6. The number of piperazine rings is 1. The first-order valence-corrected chi connectivity index (χ1v) is 8.50. The average molecular weight is 358 g/mol. The number of nitro groups is 1. The van der Waals surface area contributed by atoms with Gasteiger partial charge in [-0.15, -0.1) is 0 Å². The third-order valence-electron chi connectivity index (χ3n) is 4.27. The third kappa shape index (κ3) is 4.44. The molecule has 9 nitrogen and oxygen atoms in total. The number of rotatable bonds is 6. The summed E-state index contributed by atoms with van der Waals surface area (Å²) >= 11 is 0. The summed E-state index contributed by atoms with van der Waals surface area (Å²) in [4.78, 5) is 23.8. The van der Waals surface area contributed by atoms with Crippen LogP contribution in [-0.4, -0.2) is 64.2 Å². The van der Waals surface area contributed by atoms with Crippen molar-refractivity contribution in [2.75, 3.05) is 49.5 Å². The summed E-state index contributed by atoms with van der Waals surface area (Å²) < 4.78 is 0. The molecule has 0 unspecified atom stereocenters. The van der Waals surface area contributed by atoms with Gasteiger partial charge in [0.05, 0.1) is 11.5 Å². The van der Waals surface area contributed by atoms with Gasteiger partial charge in [-0.2, -0.15) is 0 Å². The molecule has 0 atom stereocenters. The van der Waals surface area contributed by atoms with Gasteiger partial charge >= 0.3 is 0 Å². The van der Waals surface area contributed by atoms with Crippen LogP contribution in [0.5, 0.6) is 0 Å². The van der Waals surface area contributed by atoms with Crippen molar-refractivity contribution in [1.82, 2.24) is 14.9 Å². The van der Waals surface area contributed by atoms with E-state index in [1.165, 1.54) is 12.1 Å². The monoisotopic (exact) mass is 358 g/mol. The molecule has 138 valence electrons. The summed E-state index contributed by atoms with van der Waals surface area (Å²) in [6, 6.07) is 8.18. The zero-order valence-corrected chi connectivity index (χ0v) is 14.6. The quantitative estimate of drug-likeness (QED) is 0.591. The van der Waals surface area contributed by atoms with Gasteiger partial charge in [0.25, 0.3) is 5.69 Å². The van der Waals surface area contributed by atoms with Gasteiger partial charge in [-0.25, -0.2) is 9.97 Å². The van der Waals surface area contributed by atoms with Crippen LogP contribution in [0.15, 0.2) is 30.3 Å². The zero-order valence-electron chi connectivity index (χ0n) is 14.6. The predicted octanol–water partition coefficient (Wildman–Crippen LogP) is 1.55. The van der Waals surface area contributed by atoms with Crippen LogP contribution < -0.4 is 10.2 Å². The van der Waals surface area contributed by atoms with Crippen LogP contribution in [0.1, 0.15) is 5.82 Å². The van der Waals surface area contributed by atoms with Gasteiger partial charge in [0, 0.05) is 56.6 Å². The molecule has 1 aliphatic rings. The Morgan fingerprint density at radius 1 is 1.23 bits per heavy atom. The molecule has 2 heterocycles. The van der Waals surface area contributed by atoms with E-state index in [0.717, 1.165) is 32.0 Å². The number of nitro benzene ring substituents is 1. The summed E-state index contributed by atoms with van der Waals surface area (Å²) in [5.74, 6) is 2.06. The smallest absolute Gasteiger partial charge is 0.271 e. The summed E-state index contributed by atoms with van der Waals surface area (Å²) in [6.45, 7) is 6.08. The third-order valence-corrected chi connectivity index (χ3v) is 4.27. The number of aryl methyl sites for hydroxylation is 1. The molecule has 0 aliphatic carbocycles. The number of benzene rings is 1. The molecule has 0 saturated carbocycles. The molecule has 0 spiro atoms. The first kappa shape index (κ1) is 18.0. The molecule has 0 radical (unpaired) electrons. The SMILES string of the molecule is Cc1nc(Nc2cccc([N+](=O)[O-])c2)cc(N2CCN(CCO)CC2)n1. The molecule has 0 amide bonds. The molecule has 0 bridgehead atoms. The highest BCUT2D eigenvalue weighted by molar-refractivity contribution is 5.62. The second kappa shape index (κ2) is 8.07. The number of nitrogens with zero attached hydrogens (tertiary/aromatic N) is 5. The van der Waals surface area contributed by atoms with Gasteiger partial charge in [0.2, 0.25) is 0 Å². The van der Waals surface area contributed by atoms with E-state index >= 15 is 0 Å². The first-order valence-electron chi connectivity index (χ1n) is 8.50. The zero-order chi connectivity index (χ0) is 18.5. The predicted molar refractivity (Wildman–Crippen MR) is 98.9 cm³/mol. The lowest BCUT2D eigenvalue weighted by Gasteiger charge is -2.35. The standard InChI is InChI=1S/C17H22N6O3/c1-13-18-16(20-14-3-2-4-15(11-14)23(25)26)12-17(19-13)22-7-5-21(6-8-22)9-10-24/h2-4,11-12,24H,5-10H2,1H3,(H,18,19,20). The highest BCUT2D eigenvalue weighted by Gasteiger charge is 2.18. The fourth-order valence-corrected chi connectivity index (χ4v) is 2.97. The molecule has 26 heavy (non-hydrogen) atoms. The normalized spacial score (nSPS) is 15.1. The van der Waals surface area contributed by atoms with Crippen LogP contribution in [0.25, 0.3) is 0 Å². The number of aromatic nitrogens is 2. The molecule has 9 heteroatoms. The lowest BCUT2D eigenvalue weighted by Crippen LogP contribution is -2.47. The number of β-amino-alcohol motifs (C(OH)–C–C–N with tert-alkyl or cyclic N) is 1. The number of hydrogen-bond acceptors (Lipinski definition) is 8. The van der Waals surface area contributed by atoms with Crippen LogP contribution in [0.2, 0.25) is 0 Å². The summed E-state index contributed by atoms with van der Waals surface area (Å²) in [7, 11) is 0. The Bertz CT molecular complexity index is 777. The lowest BCUT2D eigenvalue weighted by atomic mass is 10.2. The molecule has 1 fully saturated rings. The molecule has 1 saturated heterocycles. The Balaban J connectivity index is 1.74. The second-order valence-corrected chi connectivity index (χ2v) is 6.14. The molecular formula is C17H22N6O3. The van der Waals surface area contributed by atoms with Crippen molar-refractivity contribution in [3.05, 3.63) is 46.3 Å². The van der Waals surface area contributed by atoms with Gasteiger partial charge in [0.15, 0.2) is 0 Å². The van der Waals surface area contributed by atoms with Crippen LogP contribution in [0.4, 0.5) is 23.0 Å². The average Bonchev–Trinajstić information content (AvgIpc) is 2.62. The number of aliphatic hydroxyl groups is 1. The summed E-state index contributed by atoms with van der Waals surface area (Å²) in [5, 5.41) is 23.1. The van der Waals surface area contributed by atoms with E-state index in [9.17, 15) is 10.1 Å². The van der Waals surface area contributed by atoms with E-state index in [1.54, 1.807) is 12.1 Å². The van der Waals surface area contributed by atoms with E-state index < -0.39 is 4.92 Å². The van der Waals surface area contributed by atoms with Crippen LogP contribution in [0, 0.1) is 17.0 Å². The fraction of sp³-hybridized carbons (Fsp3) is 0.412. The lowest BCUT2D eigenvalue weighted by molar-refractivity contribution is -0.384. The number of aliphatic hydroxyl groups excluding tert-OH is 1. The van der Waals surface area contributed by atoms with Crippen molar-refractivity contribution in [2.24, 2.45) is 0 Å². The van der Waals surface area contributed by atoms with Crippen LogP contribution in [0.3, 0.4) is 0 Å². The van der Waals surface area contributed by atoms with E-state index in [-0.39, 0.29) is 12.3 Å². The van der Waals surface area contributed by atoms with Crippen LogP contribution in [-0.2, 0) is 0 Å². The van der Waals surface area contributed by atoms with Crippen molar-refractivity contribution in [3.8, 4) is 0 Å². The minimum atomic E-state index is -0.423.